The maximum Gasteiger partial charge on any atom is 0.227 e. The Balaban J connectivity index is 1.51. The Hall–Kier alpha value is -2.81. The van der Waals surface area contributed by atoms with Gasteiger partial charge in [-0.1, -0.05) is 54.1 Å². The van der Waals surface area contributed by atoms with E-state index in [2.05, 4.69) is 61.3 Å². The van der Waals surface area contributed by atoms with Gasteiger partial charge in [-0.15, -0.1) is 0 Å². The Kier molecular flexibility index (Phi) is 4.37. The van der Waals surface area contributed by atoms with E-state index in [0.717, 1.165) is 18.5 Å². The molecule has 0 aliphatic carbocycles. The lowest BCUT2D eigenvalue weighted by Gasteiger charge is -2.27. The van der Waals surface area contributed by atoms with Crippen molar-refractivity contribution in [3.05, 3.63) is 77.0 Å². The van der Waals surface area contributed by atoms with Crippen LogP contribution in [0.15, 0.2) is 54.6 Å². The van der Waals surface area contributed by atoms with E-state index >= 15 is 0 Å². The summed E-state index contributed by atoms with van der Waals surface area (Å²) < 4.78 is 0. The number of carbonyl (C=O) groups is 1. The van der Waals surface area contributed by atoms with Crippen LogP contribution in [-0.4, -0.2) is 28.9 Å². The number of nitrogens with zero attached hydrogens (tertiary/aromatic N) is 1. The summed E-state index contributed by atoms with van der Waals surface area (Å²) in [5.41, 5.74) is 7.34. The van der Waals surface area contributed by atoms with Crippen molar-refractivity contribution in [1.82, 2.24) is 9.88 Å². The van der Waals surface area contributed by atoms with E-state index in [0.29, 0.717) is 13.0 Å². The normalized spacial score (nSPS) is 14.5. The van der Waals surface area contributed by atoms with Gasteiger partial charge >= 0.3 is 0 Å². The van der Waals surface area contributed by atoms with E-state index in [1.54, 1.807) is 0 Å². The highest BCUT2D eigenvalue weighted by atomic mass is 16.2. The number of fused-ring (bicyclic) bond motifs is 1. The number of aromatic amines is 1. The van der Waals surface area contributed by atoms with Gasteiger partial charge in [-0.25, -0.2) is 0 Å². The van der Waals surface area contributed by atoms with Crippen LogP contribution >= 0.6 is 0 Å². The molecule has 4 rings (SSSR count). The first kappa shape index (κ1) is 16.6. The van der Waals surface area contributed by atoms with Crippen LogP contribution in [0.4, 0.5) is 0 Å². The fourth-order valence-corrected chi connectivity index (χ4v) is 3.92. The van der Waals surface area contributed by atoms with Crippen LogP contribution in [0.25, 0.3) is 16.5 Å². The SMILES string of the molecule is Cc1cccc(CC(=O)N2CC=C(c3c(C)[nH]c4ccccc34)CC2)c1. The number of benzene rings is 2. The van der Waals surface area contributed by atoms with Crippen molar-refractivity contribution in [3.63, 3.8) is 0 Å². The molecule has 3 aromatic rings. The molecule has 26 heavy (non-hydrogen) atoms. The Morgan fingerprint density at radius 3 is 2.73 bits per heavy atom. The van der Waals surface area contributed by atoms with E-state index in [4.69, 9.17) is 0 Å². The van der Waals surface area contributed by atoms with Gasteiger partial charge < -0.3 is 9.88 Å². The zero-order chi connectivity index (χ0) is 18.1. The average molecular weight is 344 g/mol. The Morgan fingerprint density at radius 2 is 1.96 bits per heavy atom. The molecule has 1 N–H and O–H groups in total. The van der Waals surface area contributed by atoms with E-state index in [-0.39, 0.29) is 5.91 Å². The predicted molar refractivity (Wildman–Crippen MR) is 107 cm³/mol. The van der Waals surface area contributed by atoms with Crippen molar-refractivity contribution in [2.45, 2.75) is 26.7 Å². The minimum atomic E-state index is 0.210. The molecule has 0 bridgehead atoms. The number of rotatable bonds is 3. The molecule has 0 saturated heterocycles. The van der Waals surface area contributed by atoms with E-state index < -0.39 is 0 Å². The molecule has 1 aromatic heterocycles. The molecule has 3 nitrogen and oxygen atoms in total. The Labute approximate surface area is 154 Å². The first-order valence-corrected chi connectivity index (χ1v) is 9.22. The minimum absolute atomic E-state index is 0.210. The van der Waals surface area contributed by atoms with Gasteiger partial charge in [-0.2, -0.15) is 0 Å². The van der Waals surface area contributed by atoms with Crippen LogP contribution in [0.5, 0.6) is 0 Å². The number of H-pyrrole nitrogens is 1. The second-order valence-electron chi connectivity index (χ2n) is 7.16. The van der Waals surface area contributed by atoms with Crippen LogP contribution in [0, 0.1) is 13.8 Å². The number of aromatic nitrogens is 1. The standard InChI is InChI=1S/C23H24N2O/c1-16-6-5-7-18(14-16)15-22(26)25-12-10-19(11-13-25)23-17(2)24-21-9-4-3-8-20(21)23/h3-10,14,24H,11-13,15H2,1-2H3. The van der Waals surface area contributed by atoms with Crippen LogP contribution < -0.4 is 0 Å². The smallest absolute Gasteiger partial charge is 0.227 e. The average Bonchev–Trinajstić information content (AvgIpc) is 2.97. The summed E-state index contributed by atoms with van der Waals surface area (Å²) in [6.45, 7) is 5.67. The summed E-state index contributed by atoms with van der Waals surface area (Å²) >= 11 is 0. The molecule has 1 aliphatic rings. The molecule has 0 radical (unpaired) electrons. The number of hydrogen-bond acceptors (Lipinski definition) is 1. The van der Waals surface area contributed by atoms with E-state index in [1.165, 1.54) is 33.3 Å². The van der Waals surface area contributed by atoms with Crippen molar-refractivity contribution in [2.24, 2.45) is 0 Å². The lowest BCUT2D eigenvalue weighted by atomic mass is 9.96. The fourth-order valence-electron chi connectivity index (χ4n) is 3.92. The largest absolute Gasteiger partial charge is 0.358 e. The molecule has 0 saturated carbocycles. The quantitative estimate of drug-likeness (QED) is 0.738. The fraction of sp³-hybridized carbons (Fsp3) is 0.261. The highest BCUT2D eigenvalue weighted by Crippen LogP contribution is 2.32. The summed E-state index contributed by atoms with van der Waals surface area (Å²) in [7, 11) is 0. The maximum absolute atomic E-state index is 12.6. The summed E-state index contributed by atoms with van der Waals surface area (Å²) in [4.78, 5) is 18.1. The van der Waals surface area contributed by atoms with Crippen LogP contribution in [0.2, 0.25) is 0 Å². The van der Waals surface area contributed by atoms with Gasteiger partial charge in [0.05, 0.1) is 6.42 Å². The molecule has 0 unspecified atom stereocenters. The van der Waals surface area contributed by atoms with Crippen molar-refractivity contribution in [2.75, 3.05) is 13.1 Å². The van der Waals surface area contributed by atoms with Gasteiger partial charge in [-0.3, -0.25) is 4.79 Å². The third kappa shape index (κ3) is 3.17. The second-order valence-corrected chi connectivity index (χ2v) is 7.16. The first-order valence-electron chi connectivity index (χ1n) is 9.22. The van der Waals surface area contributed by atoms with Crippen LogP contribution in [0.1, 0.15) is 28.8 Å². The highest BCUT2D eigenvalue weighted by molar-refractivity contribution is 5.94. The summed E-state index contributed by atoms with van der Waals surface area (Å²) in [5.74, 6) is 0.210. The van der Waals surface area contributed by atoms with Crippen molar-refractivity contribution >= 4 is 22.4 Å². The molecule has 2 aromatic carbocycles. The van der Waals surface area contributed by atoms with Crippen LogP contribution in [0.3, 0.4) is 0 Å². The summed E-state index contributed by atoms with van der Waals surface area (Å²) in [5, 5.41) is 1.27. The van der Waals surface area contributed by atoms with Crippen molar-refractivity contribution in [3.8, 4) is 0 Å². The maximum atomic E-state index is 12.6. The van der Waals surface area contributed by atoms with Gasteiger partial charge in [0, 0.05) is 35.2 Å². The van der Waals surface area contributed by atoms with Gasteiger partial charge in [0.1, 0.15) is 0 Å². The molecule has 0 spiro atoms. The number of hydrogen-bond donors (Lipinski definition) is 1. The van der Waals surface area contributed by atoms with Crippen molar-refractivity contribution in [1.29, 1.82) is 0 Å². The highest BCUT2D eigenvalue weighted by Gasteiger charge is 2.20. The molecule has 2 heterocycles. The van der Waals surface area contributed by atoms with Gasteiger partial charge in [0.2, 0.25) is 5.91 Å². The molecule has 1 amide bonds. The molecular weight excluding hydrogens is 320 g/mol. The van der Waals surface area contributed by atoms with E-state index in [9.17, 15) is 4.79 Å². The zero-order valence-corrected chi connectivity index (χ0v) is 15.4. The van der Waals surface area contributed by atoms with Gasteiger partial charge in [0.15, 0.2) is 0 Å². The minimum Gasteiger partial charge on any atom is -0.358 e. The number of para-hydroxylation sites is 1. The zero-order valence-electron chi connectivity index (χ0n) is 15.4. The second kappa shape index (κ2) is 6.83. The Morgan fingerprint density at radius 1 is 1.12 bits per heavy atom. The lowest BCUT2D eigenvalue weighted by Crippen LogP contribution is -2.35. The predicted octanol–water partition coefficient (Wildman–Crippen LogP) is 4.64. The monoisotopic (exact) mass is 344 g/mol. The van der Waals surface area contributed by atoms with Crippen molar-refractivity contribution < 1.29 is 4.79 Å². The third-order valence-electron chi connectivity index (χ3n) is 5.21. The molecule has 1 aliphatic heterocycles. The molecular formula is C23H24N2O. The number of carbonyl (C=O) groups excluding carboxylic acids is 1. The summed E-state index contributed by atoms with van der Waals surface area (Å²) in [6.07, 6.45) is 3.61. The first-order chi connectivity index (χ1) is 12.6. The summed E-state index contributed by atoms with van der Waals surface area (Å²) in [6, 6.07) is 16.6. The van der Waals surface area contributed by atoms with Crippen LogP contribution in [-0.2, 0) is 11.2 Å². The molecule has 0 atom stereocenters. The number of aryl methyl sites for hydroxylation is 2. The number of nitrogens with one attached hydrogen (secondary N) is 1. The van der Waals surface area contributed by atoms with Gasteiger partial charge in [-0.05, 0) is 37.5 Å². The Bertz CT molecular complexity index is 996. The number of amides is 1. The lowest BCUT2D eigenvalue weighted by molar-refractivity contribution is -0.130. The third-order valence-corrected chi connectivity index (χ3v) is 5.21. The molecule has 3 heteroatoms. The topological polar surface area (TPSA) is 36.1 Å². The van der Waals surface area contributed by atoms with E-state index in [1.807, 2.05) is 17.0 Å². The van der Waals surface area contributed by atoms with Gasteiger partial charge in [0.25, 0.3) is 0 Å². The molecule has 132 valence electrons. The molecule has 0 fully saturated rings.